The Bertz CT molecular complexity index is 1450. The summed E-state index contributed by atoms with van der Waals surface area (Å²) in [7, 11) is -3.60. The van der Waals surface area contributed by atoms with Gasteiger partial charge in [0.2, 0.25) is 15.9 Å². The summed E-state index contributed by atoms with van der Waals surface area (Å²) in [4.78, 5) is 12.6. The number of aromatic nitrogens is 4. The van der Waals surface area contributed by atoms with Crippen LogP contribution in [0, 0.1) is 0 Å². The number of fused-ring (bicyclic) bond motifs is 1. The molecule has 0 radical (unpaired) electrons. The average molecular weight is 509 g/mol. The number of morpholine rings is 1. The molecule has 36 heavy (non-hydrogen) atoms. The highest BCUT2D eigenvalue weighted by molar-refractivity contribution is 7.89. The van der Waals surface area contributed by atoms with Crippen molar-refractivity contribution >= 4 is 21.6 Å². The first-order chi connectivity index (χ1) is 17.5. The standard InChI is InChI=1S/C24H24N6O5S/c31-24(19-6-8-20(9-7-19)36(32,33)29-13-16-34-17-14-29)25-12-15-35-22-11-10-21-26-27-23(30(21)28-22)18-4-2-1-3-5-18/h1-11H,12-17H2,(H,25,31). The summed E-state index contributed by atoms with van der Waals surface area (Å²) >= 11 is 0. The molecule has 2 aromatic heterocycles. The number of ether oxygens (including phenoxy) is 2. The lowest BCUT2D eigenvalue weighted by Gasteiger charge is -2.26. The van der Waals surface area contributed by atoms with Gasteiger partial charge in [-0.3, -0.25) is 4.79 Å². The van der Waals surface area contributed by atoms with Crippen LogP contribution in [-0.2, 0) is 14.8 Å². The number of carbonyl (C=O) groups is 1. The SMILES string of the molecule is O=C(NCCOc1ccc2nnc(-c3ccccc3)n2n1)c1ccc(S(=O)(=O)N2CCOCC2)cc1. The smallest absolute Gasteiger partial charge is 0.251 e. The minimum atomic E-state index is -3.60. The van der Waals surface area contributed by atoms with E-state index in [0.717, 1.165) is 5.56 Å². The number of amides is 1. The highest BCUT2D eigenvalue weighted by Gasteiger charge is 2.26. The molecule has 1 saturated heterocycles. The van der Waals surface area contributed by atoms with Crippen LogP contribution in [0.25, 0.3) is 17.0 Å². The van der Waals surface area contributed by atoms with E-state index in [1.165, 1.54) is 28.6 Å². The Morgan fingerprint density at radius 1 is 0.972 bits per heavy atom. The lowest BCUT2D eigenvalue weighted by Crippen LogP contribution is -2.40. The van der Waals surface area contributed by atoms with E-state index in [4.69, 9.17) is 9.47 Å². The first kappa shape index (κ1) is 23.9. The van der Waals surface area contributed by atoms with Gasteiger partial charge >= 0.3 is 0 Å². The van der Waals surface area contributed by atoms with Gasteiger partial charge in [-0.25, -0.2) is 8.42 Å². The minimum absolute atomic E-state index is 0.148. The van der Waals surface area contributed by atoms with Gasteiger partial charge < -0.3 is 14.8 Å². The molecule has 1 aliphatic heterocycles. The van der Waals surface area contributed by atoms with E-state index >= 15 is 0 Å². The number of carbonyl (C=O) groups excluding carboxylic acids is 1. The number of benzene rings is 2. The maximum atomic E-state index is 12.7. The van der Waals surface area contributed by atoms with Crippen LogP contribution in [0.5, 0.6) is 5.88 Å². The third-order valence-corrected chi connectivity index (χ3v) is 7.55. The highest BCUT2D eigenvalue weighted by Crippen LogP contribution is 2.19. The van der Waals surface area contributed by atoms with E-state index in [1.54, 1.807) is 16.6 Å². The molecule has 0 saturated carbocycles. The van der Waals surface area contributed by atoms with Gasteiger partial charge in [-0.2, -0.15) is 8.82 Å². The number of hydrogen-bond acceptors (Lipinski definition) is 8. The number of sulfonamides is 1. The van der Waals surface area contributed by atoms with Gasteiger partial charge in [0.05, 0.1) is 24.7 Å². The molecule has 0 aliphatic carbocycles. The first-order valence-electron chi connectivity index (χ1n) is 11.4. The lowest BCUT2D eigenvalue weighted by molar-refractivity contribution is 0.0730. The van der Waals surface area contributed by atoms with Crippen molar-refractivity contribution in [2.45, 2.75) is 4.90 Å². The van der Waals surface area contributed by atoms with Crippen molar-refractivity contribution in [3.63, 3.8) is 0 Å². The van der Waals surface area contributed by atoms with Crippen LogP contribution in [0.1, 0.15) is 10.4 Å². The summed E-state index contributed by atoms with van der Waals surface area (Å²) in [5, 5.41) is 15.5. The molecule has 11 nitrogen and oxygen atoms in total. The van der Waals surface area contributed by atoms with Crippen LogP contribution in [0.2, 0.25) is 0 Å². The van der Waals surface area contributed by atoms with E-state index in [1.807, 2.05) is 30.3 Å². The Kier molecular flexibility index (Phi) is 6.89. The largest absolute Gasteiger partial charge is 0.475 e. The summed E-state index contributed by atoms with van der Waals surface area (Å²) < 4.78 is 39.3. The van der Waals surface area contributed by atoms with Crippen molar-refractivity contribution in [3.8, 4) is 17.3 Å². The molecule has 1 N–H and O–H groups in total. The molecule has 0 bridgehead atoms. The minimum Gasteiger partial charge on any atom is -0.475 e. The van der Waals surface area contributed by atoms with Crippen molar-refractivity contribution in [1.82, 2.24) is 29.4 Å². The normalized spacial score (nSPS) is 14.6. The fraction of sp³-hybridized carbons (Fsp3) is 0.250. The fourth-order valence-electron chi connectivity index (χ4n) is 3.75. The predicted octanol–water partition coefficient (Wildman–Crippen LogP) is 1.62. The Morgan fingerprint density at radius 3 is 2.47 bits per heavy atom. The zero-order chi connectivity index (χ0) is 25.0. The molecule has 12 heteroatoms. The van der Waals surface area contributed by atoms with Gasteiger partial charge in [0, 0.05) is 30.3 Å². The second kappa shape index (κ2) is 10.4. The van der Waals surface area contributed by atoms with Gasteiger partial charge in [0.1, 0.15) is 6.61 Å². The molecule has 186 valence electrons. The van der Waals surface area contributed by atoms with Gasteiger partial charge in [-0.15, -0.1) is 15.3 Å². The van der Waals surface area contributed by atoms with Crippen LogP contribution in [0.3, 0.4) is 0 Å². The highest BCUT2D eigenvalue weighted by atomic mass is 32.2. The molecule has 1 amide bonds. The van der Waals surface area contributed by atoms with E-state index in [2.05, 4.69) is 20.6 Å². The Morgan fingerprint density at radius 2 is 1.72 bits per heavy atom. The molecule has 0 atom stereocenters. The van der Waals surface area contributed by atoms with Crippen LogP contribution in [0.15, 0.2) is 71.6 Å². The number of nitrogens with zero attached hydrogens (tertiary/aromatic N) is 5. The summed E-state index contributed by atoms with van der Waals surface area (Å²) in [5.74, 6) is 0.636. The Balaban J connectivity index is 1.16. The van der Waals surface area contributed by atoms with Gasteiger partial charge in [0.15, 0.2) is 11.5 Å². The zero-order valence-electron chi connectivity index (χ0n) is 19.3. The van der Waals surface area contributed by atoms with Crippen LogP contribution < -0.4 is 10.1 Å². The third-order valence-electron chi connectivity index (χ3n) is 5.63. The monoisotopic (exact) mass is 508 g/mol. The molecule has 2 aromatic carbocycles. The van der Waals surface area contributed by atoms with E-state index in [0.29, 0.717) is 49.2 Å². The van der Waals surface area contributed by atoms with Crippen molar-refractivity contribution in [2.24, 2.45) is 0 Å². The summed E-state index contributed by atoms with van der Waals surface area (Å²) in [5.41, 5.74) is 1.83. The Labute approximate surface area is 207 Å². The molecule has 1 aliphatic rings. The lowest BCUT2D eigenvalue weighted by atomic mass is 10.2. The van der Waals surface area contributed by atoms with Crippen molar-refractivity contribution in [3.05, 3.63) is 72.3 Å². The maximum Gasteiger partial charge on any atom is 0.251 e. The number of hydrogen-bond donors (Lipinski definition) is 1. The molecule has 0 spiro atoms. The number of nitrogens with one attached hydrogen (secondary N) is 1. The Hall–Kier alpha value is -3.87. The van der Waals surface area contributed by atoms with E-state index < -0.39 is 10.0 Å². The zero-order valence-corrected chi connectivity index (χ0v) is 20.1. The molecule has 1 fully saturated rings. The summed E-state index contributed by atoms with van der Waals surface area (Å²) in [6.45, 7) is 1.81. The molecule has 3 heterocycles. The quantitative estimate of drug-likeness (QED) is 0.356. The molecule has 0 unspecified atom stereocenters. The topological polar surface area (TPSA) is 128 Å². The average Bonchev–Trinajstić information content (AvgIpc) is 3.35. The molecule has 5 rings (SSSR count). The van der Waals surface area contributed by atoms with Crippen LogP contribution in [0.4, 0.5) is 0 Å². The van der Waals surface area contributed by atoms with Gasteiger partial charge in [-0.05, 0) is 30.3 Å². The first-order valence-corrected chi connectivity index (χ1v) is 12.8. The van der Waals surface area contributed by atoms with Crippen molar-refractivity contribution in [1.29, 1.82) is 0 Å². The second-order valence-electron chi connectivity index (χ2n) is 7.98. The summed E-state index contributed by atoms with van der Waals surface area (Å²) in [6.07, 6.45) is 0. The van der Waals surface area contributed by atoms with Crippen molar-refractivity contribution in [2.75, 3.05) is 39.5 Å². The maximum absolute atomic E-state index is 12.7. The molecule has 4 aromatic rings. The van der Waals surface area contributed by atoms with Crippen LogP contribution in [-0.4, -0.2) is 77.9 Å². The summed E-state index contributed by atoms with van der Waals surface area (Å²) in [6, 6.07) is 18.9. The number of rotatable bonds is 8. The fourth-order valence-corrected chi connectivity index (χ4v) is 5.16. The second-order valence-corrected chi connectivity index (χ2v) is 9.91. The molecular formula is C24H24N6O5S. The third kappa shape index (κ3) is 5.05. The molecular weight excluding hydrogens is 484 g/mol. The van der Waals surface area contributed by atoms with Gasteiger partial charge in [-0.1, -0.05) is 30.3 Å². The van der Waals surface area contributed by atoms with Crippen LogP contribution >= 0.6 is 0 Å². The van der Waals surface area contributed by atoms with Gasteiger partial charge in [0.25, 0.3) is 5.91 Å². The predicted molar refractivity (Wildman–Crippen MR) is 130 cm³/mol. The van der Waals surface area contributed by atoms with E-state index in [-0.39, 0.29) is 24.0 Å². The van der Waals surface area contributed by atoms with E-state index in [9.17, 15) is 13.2 Å². The van der Waals surface area contributed by atoms with Crippen molar-refractivity contribution < 1.29 is 22.7 Å².